The number of rotatable bonds is 4. The summed E-state index contributed by atoms with van der Waals surface area (Å²) >= 11 is 0. The Hall–Kier alpha value is -1.88. The first-order chi connectivity index (χ1) is 9.42. The lowest BCUT2D eigenvalue weighted by atomic mass is 9.86. The van der Waals surface area contributed by atoms with Crippen LogP contribution in [-0.4, -0.2) is 30.1 Å². The van der Waals surface area contributed by atoms with Crippen molar-refractivity contribution in [1.82, 2.24) is 0 Å². The Kier molecular flexibility index (Phi) is 3.81. The summed E-state index contributed by atoms with van der Waals surface area (Å²) in [6, 6.07) is 4.95. The molecule has 1 aliphatic rings. The molecule has 0 aromatic heterocycles. The number of hydrogen-bond donors (Lipinski definition) is 2. The van der Waals surface area contributed by atoms with Crippen LogP contribution < -0.4 is 10.6 Å². The van der Waals surface area contributed by atoms with Crippen molar-refractivity contribution in [2.75, 3.05) is 18.0 Å². The van der Waals surface area contributed by atoms with Crippen molar-refractivity contribution in [3.05, 3.63) is 29.3 Å². The van der Waals surface area contributed by atoms with E-state index >= 15 is 0 Å². The number of carbonyl (C=O) groups excluding carboxylic acids is 1. The molecule has 0 aliphatic carbocycles. The average Bonchev–Trinajstić information content (AvgIpc) is 2.88. The highest BCUT2D eigenvalue weighted by molar-refractivity contribution is 6.00. The third-order valence-electron chi connectivity index (χ3n) is 4.22. The lowest BCUT2D eigenvalue weighted by Gasteiger charge is -2.31. The Morgan fingerprint density at radius 3 is 2.70 bits per heavy atom. The number of carboxylic acid groups (broad SMARTS) is 1. The highest BCUT2D eigenvalue weighted by Gasteiger charge is 2.37. The van der Waals surface area contributed by atoms with Crippen LogP contribution in [0, 0.1) is 5.41 Å². The molecule has 1 unspecified atom stereocenters. The van der Waals surface area contributed by atoms with Gasteiger partial charge in [0.2, 0.25) is 5.91 Å². The second-order valence-corrected chi connectivity index (χ2v) is 5.47. The molecule has 1 aliphatic heterocycles. The molecule has 5 nitrogen and oxygen atoms in total. The maximum atomic E-state index is 12.7. The Bertz CT molecular complexity index is 550. The molecular weight excluding hydrogens is 256 g/mol. The van der Waals surface area contributed by atoms with E-state index in [4.69, 9.17) is 10.8 Å². The first-order valence-electron chi connectivity index (χ1n) is 6.81. The zero-order valence-corrected chi connectivity index (χ0v) is 11.8. The molecule has 2 rings (SSSR count). The van der Waals surface area contributed by atoms with Crippen molar-refractivity contribution in [2.45, 2.75) is 26.7 Å². The molecule has 1 heterocycles. The molecule has 1 amide bonds. The topological polar surface area (TPSA) is 83.6 Å². The summed E-state index contributed by atoms with van der Waals surface area (Å²) in [6.07, 6.45) is 1.41. The van der Waals surface area contributed by atoms with Crippen LogP contribution in [0.3, 0.4) is 0 Å². The number of nitrogens with two attached hydrogens (primary N) is 1. The van der Waals surface area contributed by atoms with E-state index in [2.05, 4.69) is 0 Å². The van der Waals surface area contributed by atoms with Gasteiger partial charge in [0.25, 0.3) is 0 Å². The smallest absolute Gasteiger partial charge is 0.335 e. The molecule has 0 spiro atoms. The number of nitrogens with zero attached hydrogens (tertiary/aromatic N) is 1. The van der Waals surface area contributed by atoms with Crippen molar-refractivity contribution in [1.29, 1.82) is 0 Å². The van der Waals surface area contributed by atoms with Crippen LogP contribution >= 0.6 is 0 Å². The summed E-state index contributed by atoms with van der Waals surface area (Å²) in [5, 5.41) is 9.07. The summed E-state index contributed by atoms with van der Waals surface area (Å²) in [4.78, 5) is 25.4. The van der Waals surface area contributed by atoms with E-state index in [-0.39, 0.29) is 18.0 Å². The van der Waals surface area contributed by atoms with Crippen LogP contribution in [-0.2, 0) is 11.2 Å². The van der Waals surface area contributed by atoms with Gasteiger partial charge in [0, 0.05) is 18.8 Å². The highest BCUT2D eigenvalue weighted by Crippen LogP contribution is 2.33. The Balaban J connectivity index is 2.38. The van der Waals surface area contributed by atoms with Crippen LogP contribution in [0.2, 0.25) is 0 Å². The molecule has 0 fully saturated rings. The molecule has 0 saturated heterocycles. The Morgan fingerprint density at radius 2 is 2.15 bits per heavy atom. The monoisotopic (exact) mass is 276 g/mol. The van der Waals surface area contributed by atoms with Crippen LogP contribution in [0.4, 0.5) is 5.69 Å². The van der Waals surface area contributed by atoms with Crippen LogP contribution in [0.25, 0.3) is 0 Å². The minimum atomic E-state index is -0.982. The van der Waals surface area contributed by atoms with Gasteiger partial charge in [-0.05, 0) is 37.5 Å². The molecule has 3 N–H and O–H groups in total. The van der Waals surface area contributed by atoms with E-state index < -0.39 is 11.4 Å². The average molecular weight is 276 g/mol. The number of benzene rings is 1. The van der Waals surface area contributed by atoms with Gasteiger partial charge in [-0.1, -0.05) is 13.0 Å². The molecule has 5 heteroatoms. The van der Waals surface area contributed by atoms with Crippen molar-refractivity contribution in [3.8, 4) is 0 Å². The number of carboxylic acids is 1. The van der Waals surface area contributed by atoms with Gasteiger partial charge in [-0.15, -0.1) is 0 Å². The number of aromatic carboxylic acids is 1. The Labute approximate surface area is 118 Å². The summed E-state index contributed by atoms with van der Waals surface area (Å²) in [7, 11) is 0. The van der Waals surface area contributed by atoms with E-state index in [1.807, 2.05) is 13.8 Å². The van der Waals surface area contributed by atoms with Gasteiger partial charge in [-0.3, -0.25) is 4.79 Å². The van der Waals surface area contributed by atoms with Gasteiger partial charge in [0.1, 0.15) is 0 Å². The zero-order valence-electron chi connectivity index (χ0n) is 11.8. The minimum Gasteiger partial charge on any atom is -0.478 e. The standard InChI is InChI=1S/C15H20N2O3/c1-3-15(2,9-16)14(20)17-7-6-10-4-5-11(13(18)19)8-12(10)17/h4-5,8H,3,6-7,9,16H2,1-2H3,(H,18,19). The zero-order chi connectivity index (χ0) is 14.9. The molecule has 1 aromatic rings. The molecule has 1 aromatic carbocycles. The molecule has 0 saturated carbocycles. The van der Waals surface area contributed by atoms with Gasteiger partial charge in [0.15, 0.2) is 0 Å². The number of anilines is 1. The fraction of sp³-hybridized carbons (Fsp3) is 0.467. The number of carbonyl (C=O) groups is 2. The maximum absolute atomic E-state index is 12.7. The van der Waals surface area contributed by atoms with Gasteiger partial charge in [0.05, 0.1) is 11.0 Å². The highest BCUT2D eigenvalue weighted by atomic mass is 16.4. The molecule has 1 atom stereocenters. The molecule has 0 bridgehead atoms. The van der Waals surface area contributed by atoms with Crippen LogP contribution in [0.15, 0.2) is 18.2 Å². The summed E-state index contributed by atoms with van der Waals surface area (Å²) in [5.74, 6) is -1.01. The minimum absolute atomic E-state index is 0.0243. The second-order valence-electron chi connectivity index (χ2n) is 5.47. The van der Waals surface area contributed by atoms with Gasteiger partial charge in [-0.25, -0.2) is 4.79 Å². The van der Waals surface area contributed by atoms with E-state index in [1.165, 1.54) is 0 Å². The summed E-state index contributed by atoms with van der Waals surface area (Å²) < 4.78 is 0. The SMILES string of the molecule is CCC(C)(CN)C(=O)N1CCc2ccc(C(=O)O)cc21. The van der Waals surface area contributed by atoms with Crippen LogP contribution in [0.5, 0.6) is 0 Å². The first-order valence-corrected chi connectivity index (χ1v) is 6.81. The van der Waals surface area contributed by atoms with Crippen LogP contribution in [0.1, 0.15) is 36.2 Å². The first kappa shape index (κ1) is 14.5. The molecular formula is C15H20N2O3. The van der Waals surface area contributed by atoms with E-state index in [0.717, 1.165) is 12.0 Å². The van der Waals surface area contributed by atoms with E-state index in [1.54, 1.807) is 23.1 Å². The predicted octanol–water partition coefficient (Wildman–Crippen LogP) is 1.65. The van der Waals surface area contributed by atoms with Gasteiger partial charge in [-0.2, -0.15) is 0 Å². The van der Waals surface area contributed by atoms with E-state index in [0.29, 0.717) is 18.7 Å². The third-order valence-corrected chi connectivity index (χ3v) is 4.22. The maximum Gasteiger partial charge on any atom is 0.335 e. The van der Waals surface area contributed by atoms with Gasteiger partial charge < -0.3 is 15.7 Å². The number of hydrogen-bond acceptors (Lipinski definition) is 3. The summed E-state index contributed by atoms with van der Waals surface area (Å²) in [5.41, 5.74) is 7.07. The molecule has 0 radical (unpaired) electrons. The van der Waals surface area contributed by atoms with Crippen molar-refractivity contribution in [2.24, 2.45) is 11.1 Å². The quantitative estimate of drug-likeness (QED) is 0.875. The molecule has 20 heavy (non-hydrogen) atoms. The fourth-order valence-electron chi connectivity index (χ4n) is 2.43. The lowest BCUT2D eigenvalue weighted by molar-refractivity contribution is -0.127. The largest absolute Gasteiger partial charge is 0.478 e. The number of fused-ring (bicyclic) bond motifs is 1. The van der Waals surface area contributed by atoms with Crippen molar-refractivity contribution in [3.63, 3.8) is 0 Å². The lowest BCUT2D eigenvalue weighted by Crippen LogP contribution is -2.45. The predicted molar refractivity (Wildman–Crippen MR) is 76.9 cm³/mol. The van der Waals surface area contributed by atoms with Crippen molar-refractivity contribution >= 4 is 17.6 Å². The normalized spacial score (nSPS) is 16.6. The fourth-order valence-corrected chi connectivity index (χ4v) is 2.43. The second kappa shape index (κ2) is 5.25. The summed E-state index contributed by atoms with van der Waals surface area (Å²) in [6.45, 7) is 4.67. The van der Waals surface area contributed by atoms with Crippen molar-refractivity contribution < 1.29 is 14.7 Å². The number of amides is 1. The Morgan fingerprint density at radius 1 is 1.45 bits per heavy atom. The third kappa shape index (κ3) is 2.29. The molecule has 108 valence electrons. The van der Waals surface area contributed by atoms with E-state index in [9.17, 15) is 9.59 Å². The van der Waals surface area contributed by atoms with Gasteiger partial charge >= 0.3 is 5.97 Å².